The molecule has 0 saturated carbocycles. The fourth-order valence-electron chi connectivity index (χ4n) is 9.76. The van der Waals surface area contributed by atoms with E-state index in [1.165, 1.54) is 99.4 Å². The number of hydrogen-bond donors (Lipinski definition) is 0. The highest BCUT2D eigenvalue weighted by atomic mass is 14.7. The molecule has 0 fully saturated rings. The van der Waals surface area contributed by atoms with Crippen LogP contribution < -0.4 is 0 Å². The van der Waals surface area contributed by atoms with E-state index in [2.05, 4.69) is 218 Å². The third-order valence-electron chi connectivity index (χ3n) is 12.5. The Bertz CT molecular complexity index is 3180. The number of nitrogens with zero attached hydrogens (tertiary/aromatic N) is 1. The summed E-state index contributed by atoms with van der Waals surface area (Å²) < 4.78 is 0. The van der Waals surface area contributed by atoms with Crippen molar-refractivity contribution in [2.24, 2.45) is 4.99 Å². The van der Waals surface area contributed by atoms with Crippen LogP contribution >= 0.6 is 0 Å². The summed E-state index contributed by atoms with van der Waals surface area (Å²) in [6.07, 6.45) is 15.5. The minimum atomic E-state index is 1.01. The summed E-state index contributed by atoms with van der Waals surface area (Å²) >= 11 is 0. The molecule has 0 saturated heterocycles. The fourth-order valence-corrected chi connectivity index (χ4v) is 9.76. The van der Waals surface area contributed by atoms with Crippen LogP contribution in [0.5, 0.6) is 0 Å². The molecule has 1 aliphatic heterocycles. The van der Waals surface area contributed by atoms with Crippen molar-refractivity contribution in [3.05, 3.63) is 230 Å². The first-order chi connectivity index (χ1) is 30.8. The fraction of sp³-hybridized carbons (Fsp3) is 0.0656. The van der Waals surface area contributed by atoms with Gasteiger partial charge in [0.2, 0.25) is 0 Å². The van der Waals surface area contributed by atoms with Crippen LogP contribution in [0.25, 0.3) is 99.6 Å². The highest BCUT2D eigenvalue weighted by Crippen LogP contribution is 2.50. The van der Waals surface area contributed by atoms with Gasteiger partial charge in [0.15, 0.2) is 0 Å². The van der Waals surface area contributed by atoms with Crippen LogP contribution in [-0.4, -0.2) is 6.21 Å². The summed E-state index contributed by atoms with van der Waals surface area (Å²) in [5.41, 5.74) is 19.4. The van der Waals surface area contributed by atoms with E-state index < -0.39 is 0 Å². The SMILES string of the molecule is C1=CC(c2c(-c3ccccc3)cc(-c3cccc(-c4c5ccccc5c(-c5ccc(C6=CCCC=N6)cc5)c5ccccc45)c3)c(-c3ccccc3)c2-c2ccccc2)=CCC1. The summed E-state index contributed by atoms with van der Waals surface area (Å²) in [7, 11) is 0. The Morgan fingerprint density at radius 2 is 0.790 bits per heavy atom. The van der Waals surface area contributed by atoms with E-state index in [0.29, 0.717) is 0 Å². The van der Waals surface area contributed by atoms with Gasteiger partial charge in [-0.05, 0) is 143 Å². The normalized spacial score (nSPS) is 13.6. The van der Waals surface area contributed by atoms with Crippen molar-refractivity contribution < 1.29 is 0 Å². The largest absolute Gasteiger partial charge is 0.261 e. The number of aliphatic imine (C=N–C) groups is 1. The smallest absolute Gasteiger partial charge is 0.0658 e. The Balaban J connectivity index is 1.17. The van der Waals surface area contributed by atoms with Crippen LogP contribution in [0.15, 0.2) is 223 Å². The molecule has 0 aromatic heterocycles. The van der Waals surface area contributed by atoms with Crippen LogP contribution in [-0.2, 0) is 0 Å². The van der Waals surface area contributed by atoms with Gasteiger partial charge in [0.1, 0.15) is 0 Å². The number of fused-ring (bicyclic) bond motifs is 2. The Morgan fingerprint density at radius 3 is 1.37 bits per heavy atom. The summed E-state index contributed by atoms with van der Waals surface area (Å²) in [6, 6.07) is 71.7. The molecule has 1 nitrogen and oxygen atoms in total. The first-order valence-corrected chi connectivity index (χ1v) is 21.9. The summed E-state index contributed by atoms with van der Waals surface area (Å²) in [4.78, 5) is 4.70. The van der Waals surface area contributed by atoms with E-state index in [-0.39, 0.29) is 0 Å². The molecule has 1 heteroatoms. The van der Waals surface area contributed by atoms with Crippen molar-refractivity contribution in [2.75, 3.05) is 0 Å². The predicted octanol–water partition coefficient (Wildman–Crippen LogP) is 16.9. The molecular formula is C61H45N. The second kappa shape index (κ2) is 16.4. The maximum Gasteiger partial charge on any atom is 0.0658 e. The van der Waals surface area contributed by atoms with Gasteiger partial charge in [-0.1, -0.05) is 206 Å². The molecule has 0 atom stereocenters. The molecule has 0 bridgehead atoms. The maximum atomic E-state index is 4.70. The Morgan fingerprint density at radius 1 is 0.306 bits per heavy atom. The number of allylic oxidation sites excluding steroid dienone is 5. The van der Waals surface area contributed by atoms with E-state index in [1.807, 2.05) is 6.21 Å². The molecule has 0 N–H and O–H groups in total. The minimum absolute atomic E-state index is 1.01. The van der Waals surface area contributed by atoms with E-state index in [0.717, 1.165) is 36.9 Å². The van der Waals surface area contributed by atoms with E-state index in [9.17, 15) is 0 Å². The van der Waals surface area contributed by atoms with Gasteiger partial charge in [-0.2, -0.15) is 0 Å². The lowest BCUT2D eigenvalue weighted by atomic mass is 9.77. The van der Waals surface area contributed by atoms with Crippen LogP contribution in [0.3, 0.4) is 0 Å². The lowest BCUT2D eigenvalue weighted by Gasteiger charge is -2.26. The summed E-state index contributed by atoms with van der Waals surface area (Å²) in [5, 5.41) is 4.98. The number of benzene rings is 9. The van der Waals surface area contributed by atoms with Gasteiger partial charge >= 0.3 is 0 Å². The molecule has 9 aromatic rings. The van der Waals surface area contributed by atoms with E-state index >= 15 is 0 Å². The van der Waals surface area contributed by atoms with Crippen molar-refractivity contribution in [2.45, 2.75) is 25.7 Å². The van der Waals surface area contributed by atoms with Crippen molar-refractivity contribution in [3.8, 4) is 66.8 Å². The van der Waals surface area contributed by atoms with Gasteiger partial charge < -0.3 is 0 Å². The zero-order chi connectivity index (χ0) is 41.2. The van der Waals surface area contributed by atoms with Crippen molar-refractivity contribution >= 4 is 39.0 Å². The molecule has 1 heterocycles. The minimum Gasteiger partial charge on any atom is -0.261 e. The topological polar surface area (TPSA) is 12.4 Å². The predicted molar refractivity (Wildman–Crippen MR) is 266 cm³/mol. The van der Waals surface area contributed by atoms with Gasteiger partial charge in [-0.15, -0.1) is 0 Å². The first-order valence-electron chi connectivity index (χ1n) is 21.9. The Hall–Kier alpha value is -7.61. The van der Waals surface area contributed by atoms with Gasteiger partial charge in [0.25, 0.3) is 0 Å². The Labute approximate surface area is 364 Å². The molecule has 294 valence electrons. The lowest BCUT2D eigenvalue weighted by molar-refractivity contribution is 1.04. The monoisotopic (exact) mass is 791 g/mol. The third kappa shape index (κ3) is 6.82. The van der Waals surface area contributed by atoms with Crippen LogP contribution in [0.2, 0.25) is 0 Å². The number of rotatable bonds is 8. The molecule has 0 amide bonds. The number of hydrogen-bond acceptors (Lipinski definition) is 1. The van der Waals surface area contributed by atoms with Crippen molar-refractivity contribution in [1.82, 2.24) is 0 Å². The van der Waals surface area contributed by atoms with Crippen molar-refractivity contribution in [3.63, 3.8) is 0 Å². The van der Waals surface area contributed by atoms with Gasteiger partial charge in [0.05, 0.1) is 5.70 Å². The maximum absolute atomic E-state index is 4.70. The highest BCUT2D eigenvalue weighted by Gasteiger charge is 2.25. The zero-order valence-electron chi connectivity index (χ0n) is 34.6. The molecule has 2 aliphatic rings. The molecule has 11 rings (SSSR count). The first kappa shape index (κ1) is 37.4. The Kier molecular flexibility index (Phi) is 9.92. The van der Waals surface area contributed by atoms with E-state index in [4.69, 9.17) is 4.99 Å². The lowest BCUT2D eigenvalue weighted by Crippen LogP contribution is -2.01. The quantitative estimate of drug-likeness (QED) is 0.136. The van der Waals surface area contributed by atoms with Crippen LogP contribution in [0.1, 0.15) is 36.8 Å². The molecule has 0 spiro atoms. The zero-order valence-corrected chi connectivity index (χ0v) is 34.6. The third-order valence-corrected chi connectivity index (χ3v) is 12.5. The molecule has 62 heavy (non-hydrogen) atoms. The van der Waals surface area contributed by atoms with Gasteiger partial charge in [-0.25, -0.2) is 0 Å². The molecule has 9 aromatic carbocycles. The summed E-state index contributed by atoms with van der Waals surface area (Å²) in [5.74, 6) is 0. The average molecular weight is 792 g/mol. The molecule has 0 unspecified atom stereocenters. The second-order valence-corrected chi connectivity index (χ2v) is 16.3. The van der Waals surface area contributed by atoms with E-state index in [1.54, 1.807) is 0 Å². The highest BCUT2D eigenvalue weighted by molar-refractivity contribution is 6.21. The standard InChI is InChI=1S/C61H45N/c1-5-20-42(21-6-1)54-41-55(60(45-24-9-3-10-25-45)61(46-26-11-4-12-27-46)59(54)44-22-7-2-8-23-44)48-28-19-29-49(40-48)58-52-32-15-13-30-50(52)57(51-31-14-16-33-53(51)58)47-37-35-43(36-38-47)56-34-17-18-39-62-56/h1,3-7,9-16,19-41H,2,8,17-18H2. The summed E-state index contributed by atoms with van der Waals surface area (Å²) in [6.45, 7) is 0. The molecule has 1 aliphatic carbocycles. The second-order valence-electron chi connectivity index (χ2n) is 16.3. The van der Waals surface area contributed by atoms with Gasteiger partial charge in [-0.3, -0.25) is 4.99 Å². The van der Waals surface area contributed by atoms with Crippen LogP contribution in [0.4, 0.5) is 0 Å². The average Bonchev–Trinajstić information content (AvgIpc) is 3.36. The van der Waals surface area contributed by atoms with Gasteiger partial charge in [0, 0.05) is 6.21 Å². The van der Waals surface area contributed by atoms with Crippen LogP contribution in [0, 0.1) is 0 Å². The molecular weight excluding hydrogens is 747 g/mol. The molecule has 0 radical (unpaired) electrons. The van der Waals surface area contributed by atoms with Crippen molar-refractivity contribution in [1.29, 1.82) is 0 Å².